The largest absolute Gasteiger partial charge is 0.481 e. The summed E-state index contributed by atoms with van der Waals surface area (Å²) in [6.45, 7) is 7.58. The molecule has 2 aromatic rings. The van der Waals surface area contributed by atoms with E-state index in [1.54, 1.807) is 0 Å². The smallest absolute Gasteiger partial charge is 0.306 e. The van der Waals surface area contributed by atoms with Crippen molar-refractivity contribution in [3.63, 3.8) is 0 Å². The Hall–Kier alpha value is -1.91. The molecule has 1 N–H and O–H groups in total. The first kappa shape index (κ1) is 20.8. The van der Waals surface area contributed by atoms with Gasteiger partial charge in [-0.25, -0.2) is 0 Å². The first-order valence-corrected chi connectivity index (χ1v) is 12.2. The van der Waals surface area contributed by atoms with Crippen molar-refractivity contribution in [1.82, 2.24) is 0 Å². The summed E-state index contributed by atoms with van der Waals surface area (Å²) in [6.07, 6.45) is 3.42. The Kier molecular flexibility index (Phi) is 6.41. The quantitative estimate of drug-likeness (QED) is 0.734. The van der Waals surface area contributed by atoms with E-state index in [9.17, 15) is 9.90 Å². The molecule has 0 amide bonds. The SMILES string of the molecule is CC(C)(C)[Si](OC[C@H]1CC[C@@H](C(=O)O)CC1)(c1ccccc1)c1ccccc1. The highest BCUT2D eigenvalue weighted by molar-refractivity contribution is 6.99. The minimum atomic E-state index is -2.49. The van der Waals surface area contributed by atoms with Gasteiger partial charge in [0.15, 0.2) is 0 Å². The molecule has 0 bridgehead atoms. The number of hydrogen-bond acceptors (Lipinski definition) is 2. The van der Waals surface area contributed by atoms with Gasteiger partial charge in [0.25, 0.3) is 8.32 Å². The topological polar surface area (TPSA) is 46.5 Å². The molecule has 0 unspecified atom stereocenters. The van der Waals surface area contributed by atoms with E-state index in [1.807, 2.05) is 0 Å². The van der Waals surface area contributed by atoms with Crippen molar-refractivity contribution in [3.8, 4) is 0 Å². The zero-order valence-electron chi connectivity index (χ0n) is 17.2. The van der Waals surface area contributed by atoms with Crippen LogP contribution in [0.1, 0.15) is 46.5 Å². The van der Waals surface area contributed by atoms with Gasteiger partial charge in [-0.2, -0.15) is 0 Å². The number of carboxylic acids is 1. The van der Waals surface area contributed by atoms with E-state index in [-0.39, 0.29) is 11.0 Å². The van der Waals surface area contributed by atoms with Crippen LogP contribution in [-0.2, 0) is 9.22 Å². The van der Waals surface area contributed by atoms with Crippen LogP contribution in [0.15, 0.2) is 60.7 Å². The third kappa shape index (κ3) is 4.23. The van der Waals surface area contributed by atoms with E-state index in [1.165, 1.54) is 10.4 Å². The van der Waals surface area contributed by atoms with E-state index >= 15 is 0 Å². The molecule has 0 aliphatic heterocycles. The molecule has 1 saturated carbocycles. The number of benzene rings is 2. The van der Waals surface area contributed by atoms with Gasteiger partial charge in [-0.3, -0.25) is 4.79 Å². The Bertz CT molecular complexity index is 720. The van der Waals surface area contributed by atoms with Gasteiger partial charge in [0.2, 0.25) is 0 Å². The highest BCUT2D eigenvalue weighted by atomic mass is 28.4. The van der Waals surface area contributed by atoms with Gasteiger partial charge in [0, 0.05) is 6.61 Å². The van der Waals surface area contributed by atoms with Crippen LogP contribution in [0.4, 0.5) is 0 Å². The fraction of sp³-hybridized carbons (Fsp3) is 0.458. The molecule has 0 aromatic heterocycles. The zero-order chi connectivity index (χ0) is 20.2. The van der Waals surface area contributed by atoms with Crippen LogP contribution in [0.3, 0.4) is 0 Å². The maximum Gasteiger partial charge on any atom is 0.306 e. The van der Waals surface area contributed by atoms with Crippen molar-refractivity contribution in [2.24, 2.45) is 11.8 Å². The lowest BCUT2D eigenvalue weighted by Crippen LogP contribution is -2.67. The van der Waals surface area contributed by atoms with Crippen LogP contribution >= 0.6 is 0 Å². The highest BCUT2D eigenvalue weighted by Crippen LogP contribution is 2.38. The summed E-state index contributed by atoms with van der Waals surface area (Å²) in [6, 6.07) is 21.4. The molecule has 1 aliphatic carbocycles. The molecule has 0 spiro atoms. The van der Waals surface area contributed by atoms with Gasteiger partial charge in [-0.15, -0.1) is 0 Å². The summed E-state index contributed by atoms with van der Waals surface area (Å²) in [7, 11) is -2.49. The van der Waals surface area contributed by atoms with E-state index in [0.29, 0.717) is 12.5 Å². The van der Waals surface area contributed by atoms with Crippen LogP contribution < -0.4 is 10.4 Å². The molecule has 4 heteroatoms. The van der Waals surface area contributed by atoms with Crippen LogP contribution in [0.2, 0.25) is 5.04 Å². The number of hydrogen-bond donors (Lipinski definition) is 1. The lowest BCUT2D eigenvalue weighted by Gasteiger charge is -2.44. The van der Waals surface area contributed by atoms with E-state index in [2.05, 4.69) is 81.4 Å². The van der Waals surface area contributed by atoms with E-state index in [4.69, 9.17) is 4.43 Å². The van der Waals surface area contributed by atoms with Crippen molar-refractivity contribution in [2.45, 2.75) is 51.5 Å². The minimum Gasteiger partial charge on any atom is -0.481 e. The number of aliphatic carboxylic acids is 1. The lowest BCUT2D eigenvalue weighted by atomic mass is 9.82. The Morgan fingerprint density at radius 2 is 1.39 bits per heavy atom. The summed E-state index contributed by atoms with van der Waals surface area (Å²) in [4.78, 5) is 11.3. The predicted molar refractivity (Wildman–Crippen MR) is 117 cm³/mol. The second kappa shape index (κ2) is 8.62. The monoisotopic (exact) mass is 396 g/mol. The zero-order valence-corrected chi connectivity index (χ0v) is 18.2. The molecule has 2 aromatic carbocycles. The Balaban J connectivity index is 1.90. The summed E-state index contributed by atoms with van der Waals surface area (Å²) in [5, 5.41) is 11.8. The predicted octanol–water partition coefficient (Wildman–Crippen LogP) is 4.45. The average Bonchev–Trinajstić information content (AvgIpc) is 2.69. The molecule has 0 atom stereocenters. The minimum absolute atomic E-state index is 0.0199. The van der Waals surface area contributed by atoms with Crippen LogP contribution in [-0.4, -0.2) is 26.0 Å². The van der Waals surface area contributed by atoms with Crippen molar-refractivity contribution in [2.75, 3.05) is 6.61 Å². The molecular weight excluding hydrogens is 364 g/mol. The van der Waals surface area contributed by atoms with Crippen LogP contribution in [0.25, 0.3) is 0 Å². The number of rotatable bonds is 6. The molecule has 150 valence electrons. The first-order chi connectivity index (χ1) is 13.3. The lowest BCUT2D eigenvalue weighted by molar-refractivity contribution is -0.143. The normalized spacial score (nSPS) is 20.7. The van der Waals surface area contributed by atoms with Gasteiger partial charge in [0.1, 0.15) is 0 Å². The van der Waals surface area contributed by atoms with E-state index < -0.39 is 14.3 Å². The second-order valence-corrected chi connectivity index (χ2v) is 13.3. The maximum atomic E-state index is 11.3. The third-order valence-electron chi connectivity index (χ3n) is 6.15. The summed E-state index contributed by atoms with van der Waals surface area (Å²) >= 11 is 0. The van der Waals surface area contributed by atoms with Gasteiger partial charge >= 0.3 is 5.97 Å². The number of carbonyl (C=O) groups is 1. The maximum absolute atomic E-state index is 11.3. The van der Waals surface area contributed by atoms with Crippen LogP contribution in [0, 0.1) is 11.8 Å². The Labute approximate surface area is 169 Å². The molecule has 3 rings (SSSR count). The molecule has 0 radical (unpaired) electrons. The second-order valence-electron chi connectivity index (χ2n) is 9.03. The van der Waals surface area contributed by atoms with E-state index in [0.717, 1.165) is 25.7 Å². The molecule has 0 saturated heterocycles. The molecular formula is C24H32O3Si. The number of carboxylic acid groups (broad SMARTS) is 1. The van der Waals surface area contributed by atoms with Gasteiger partial charge in [0.05, 0.1) is 5.92 Å². The first-order valence-electron chi connectivity index (χ1n) is 10.3. The average molecular weight is 397 g/mol. The standard InChI is InChI=1S/C24H32O3Si/c1-24(2,3)28(21-10-6-4-7-11-21,22-12-8-5-9-13-22)27-18-19-14-16-20(17-15-19)23(25)26/h4-13,19-20H,14-18H2,1-3H3,(H,25,26)/t19-,20+. The van der Waals surface area contributed by atoms with Crippen molar-refractivity contribution >= 4 is 24.7 Å². The highest BCUT2D eigenvalue weighted by Gasteiger charge is 2.50. The van der Waals surface area contributed by atoms with Crippen molar-refractivity contribution in [1.29, 1.82) is 0 Å². The fourth-order valence-electron chi connectivity index (χ4n) is 4.58. The molecule has 0 heterocycles. The van der Waals surface area contributed by atoms with Crippen molar-refractivity contribution in [3.05, 3.63) is 60.7 Å². The summed E-state index contributed by atoms with van der Waals surface area (Å²) in [5.74, 6) is -0.382. The van der Waals surface area contributed by atoms with Gasteiger partial charge in [-0.1, -0.05) is 81.4 Å². The Morgan fingerprint density at radius 1 is 0.929 bits per heavy atom. The molecule has 3 nitrogen and oxygen atoms in total. The molecule has 28 heavy (non-hydrogen) atoms. The third-order valence-corrected chi connectivity index (χ3v) is 11.2. The van der Waals surface area contributed by atoms with Gasteiger partial charge in [-0.05, 0) is 47.0 Å². The fourth-order valence-corrected chi connectivity index (χ4v) is 9.22. The molecule has 1 fully saturated rings. The van der Waals surface area contributed by atoms with Gasteiger partial charge < -0.3 is 9.53 Å². The summed E-state index contributed by atoms with van der Waals surface area (Å²) < 4.78 is 6.99. The Morgan fingerprint density at radius 3 is 1.79 bits per heavy atom. The van der Waals surface area contributed by atoms with Crippen molar-refractivity contribution < 1.29 is 14.3 Å². The van der Waals surface area contributed by atoms with Crippen LogP contribution in [0.5, 0.6) is 0 Å². The molecule has 1 aliphatic rings. The summed E-state index contributed by atoms with van der Waals surface area (Å²) in [5.41, 5.74) is 0.